The first kappa shape index (κ1) is 5.71. The highest BCUT2D eigenvalue weighted by Crippen LogP contribution is 2.38. The molecule has 9 heavy (non-hydrogen) atoms. The van der Waals surface area contributed by atoms with Crippen LogP contribution in [0.1, 0.15) is 11.0 Å². The zero-order chi connectivity index (χ0) is 6.27. The second-order valence-electron chi connectivity index (χ2n) is 1.95. The maximum Gasteiger partial charge on any atom is 0.117 e. The zero-order valence-corrected chi connectivity index (χ0v) is 6.21. The van der Waals surface area contributed by atoms with Crippen LogP contribution in [0.15, 0.2) is 11.4 Å². The summed E-state index contributed by atoms with van der Waals surface area (Å²) in [5.41, 5.74) is 0. The van der Waals surface area contributed by atoms with Gasteiger partial charge in [-0.15, -0.1) is 11.3 Å². The Morgan fingerprint density at radius 1 is 1.78 bits per heavy atom. The van der Waals surface area contributed by atoms with Gasteiger partial charge in [0, 0.05) is 0 Å². The highest BCUT2D eigenvalue weighted by Gasteiger charge is 2.27. The van der Waals surface area contributed by atoms with E-state index in [1.54, 1.807) is 11.3 Å². The van der Waals surface area contributed by atoms with Gasteiger partial charge in [0.25, 0.3) is 0 Å². The summed E-state index contributed by atoms with van der Waals surface area (Å²) in [6.07, 6.45) is 0.317. The average molecular weight is 161 g/mol. The molecule has 2 heterocycles. The van der Waals surface area contributed by atoms with Crippen LogP contribution >= 0.6 is 22.9 Å². The molecule has 3 heteroatoms. The maximum atomic E-state index is 5.81. The molecule has 48 valence electrons. The summed E-state index contributed by atoms with van der Waals surface area (Å²) < 4.78 is 5.06. The van der Waals surface area contributed by atoms with Gasteiger partial charge in [-0.1, -0.05) is 11.6 Å². The van der Waals surface area contributed by atoms with Gasteiger partial charge in [0.15, 0.2) is 0 Å². The average Bonchev–Trinajstić information content (AvgIpc) is 2.58. The van der Waals surface area contributed by atoms with Gasteiger partial charge in [-0.2, -0.15) is 0 Å². The molecular formula is C6H5ClOS. The van der Waals surface area contributed by atoms with E-state index in [1.165, 1.54) is 4.88 Å². The molecule has 1 nitrogen and oxygen atoms in total. The van der Waals surface area contributed by atoms with Crippen LogP contribution in [-0.4, -0.2) is 6.61 Å². The minimum Gasteiger partial charge on any atom is -0.367 e. The lowest BCUT2D eigenvalue weighted by Crippen LogP contribution is -1.69. The minimum absolute atomic E-state index is 0.317. The van der Waals surface area contributed by atoms with E-state index < -0.39 is 0 Å². The first-order valence-corrected chi connectivity index (χ1v) is 3.98. The van der Waals surface area contributed by atoms with Crippen LogP contribution in [0.25, 0.3) is 0 Å². The molecule has 0 amide bonds. The van der Waals surface area contributed by atoms with Crippen molar-refractivity contribution in [1.29, 1.82) is 0 Å². The van der Waals surface area contributed by atoms with E-state index in [0.29, 0.717) is 6.10 Å². The van der Waals surface area contributed by atoms with Gasteiger partial charge in [0.2, 0.25) is 0 Å². The van der Waals surface area contributed by atoms with Crippen LogP contribution in [0, 0.1) is 0 Å². The summed E-state index contributed by atoms with van der Waals surface area (Å²) in [5, 5.41) is 2.84. The molecule has 1 aromatic rings. The topological polar surface area (TPSA) is 12.5 Å². The van der Waals surface area contributed by atoms with Gasteiger partial charge in [0.05, 0.1) is 16.5 Å². The Morgan fingerprint density at radius 2 is 2.56 bits per heavy atom. The van der Waals surface area contributed by atoms with Crippen LogP contribution in [0.5, 0.6) is 0 Å². The van der Waals surface area contributed by atoms with Crippen molar-refractivity contribution < 1.29 is 4.74 Å². The van der Waals surface area contributed by atoms with Crippen LogP contribution in [0.2, 0.25) is 5.02 Å². The molecule has 0 aliphatic carbocycles. The van der Waals surface area contributed by atoms with E-state index in [4.69, 9.17) is 16.3 Å². The molecule has 1 atom stereocenters. The normalized spacial score (nSPS) is 24.3. The van der Waals surface area contributed by atoms with Crippen molar-refractivity contribution in [3.05, 3.63) is 21.3 Å². The fourth-order valence-corrected chi connectivity index (χ4v) is 1.95. The SMILES string of the molecule is Clc1ccsc1[C@@H]1CO1. The first-order valence-electron chi connectivity index (χ1n) is 2.72. The molecule has 0 unspecified atom stereocenters. The van der Waals surface area contributed by atoms with E-state index >= 15 is 0 Å². The van der Waals surface area contributed by atoms with Crippen molar-refractivity contribution in [2.45, 2.75) is 6.10 Å². The molecule has 0 N–H and O–H groups in total. The Bertz CT molecular complexity index is 217. The summed E-state index contributed by atoms with van der Waals surface area (Å²) in [6.45, 7) is 0.847. The zero-order valence-electron chi connectivity index (χ0n) is 4.63. The predicted octanol–water partition coefficient (Wildman–Crippen LogP) is 2.47. The largest absolute Gasteiger partial charge is 0.367 e. The Kier molecular flexibility index (Phi) is 1.25. The summed E-state index contributed by atoms with van der Waals surface area (Å²) in [5.74, 6) is 0. The van der Waals surface area contributed by atoms with Crippen molar-refractivity contribution in [2.24, 2.45) is 0 Å². The lowest BCUT2D eigenvalue weighted by atomic mass is 10.4. The number of ether oxygens (including phenoxy) is 1. The van der Waals surface area contributed by atoms with Crippen molar-refractivity contribution in [2.75, 3.05) is 6.61 Å². The highest BCUT2D eigenvalue weighted by atomic mass is 35.5. The molecule has 1 saturated heterocycles. The van der Waals surface area contributed by atoms with Crippen LogP contribution in [0.3, 0.4) is 0 Å². The summed E-state index contributed by atoms with van der Waals surface area (Å²) in [7, 11) is 0. The lowest BCUT2D eigenvalue weighted by molar-refractivity contribution is 0.418. The Balaban J connectivity index is 2.35. The molecule has 0 radical (unpaired) electrons. The van der Waals surface area contributed by atoms with Gasteiger partial charge in [0.1, 0.15) is 6.10 Å². The van der Waals surface area contributed by atoms with Crippen molar-refractivity contribution in [3.8, 4) is 0 Å². The molecule has 0 spiro atoms. The third-order valence-electron chi connectivity index (χ3n) is 1.27. The van der Waals surface area contributed by atoms with Crippen molar-refractivity contribution in [1.82, 2.24) is 0 Å². The molecule has 0 aromatic carbocycles. The predicted molar refractivity (Wildman–Crippen MR) is 38.0 cm³/mol. The number of hydrogen-bond acceptors (Lipinski definition) is 2. The molecule has 1 aliphatic rings. The van der Waals surface area contributed by atoms with E-state index in [9.17, 15) is 0 Å². The Hall–Kier alpha value is -0.0500. The van der Waals surface area contributed by atoms with Gasteiger partial charge < -0.3 is 4.74 Å². The third kappa shape index (κ3) is 0.980. The van der Waals surface area contributed by atoms with E-state index in [2.05, 4.69) is 0 Å². The second kappa shape index (κ2) is 1.97. The van der Waals surface area contributed by atoms with Gasteiger partial charge in [-0.25, -0.2) is 0 Å². The molecule has 0 bridgehead atoms. The fourth-order valence-electron chi connectivity index (χ4n) is 0.735. The molecule has 1 aliphatic heterocycles. The number of hydrogen-bond donors (Lipinski definition) is 0. The third-order valence-corrected chi connectivity index (χ3v) is 2.72. The Morgan fingerprint density at radius 3 is 3.00 bits per heavy atom. The number of rotatable bonds is 1. The number of halogens is 1. The van der Waals surface area contributed by atoms with E-state index in [0.717, 1.165) is 11.6 Å². The maximum absolute atomic E-state index is 5.81. The molecule has 1 fully saturated rings. The molecular weight excluding hydrogens is 156 g/mol. The molecule has 2 rings (SSSR count). The molecule has 1 aromatic heterocycles. The van der Waals surface area contributed by atoms with Crippen LogP contribution in [0.4, 0.5) is 0 Å². The summed E-state index contributed by atoms with van der Waals surface area (Å²) in [4.78, 5) is 1.18. The van der Waals surface area contributed by atoms with Gasteiger partial charge in [-0.05, 0) is 11.4 Å². The minimum atomic E-state index is 0.317. The lowest BCUT2D eigenvalue weighted by Gasteiger charge is -1.85. The van der Waals surface area contributed by atoms with Crippen LogP contribution in [-0.2, 0) is 4.74 Å². The van der Waals surface area contributed by atoms with E-state index in [1.807, 2.05) is 11.4 Å². The Labute approximate surface area is 62.2 Å². The van der Waals surface area contributed by atoms with Crippen molar-refractivity contribution >= 4 is 22.9 Å². The highest BCUT2D eigenvalue weighted by molar-refractivity contribution is 7.10. The number of epoxide rings is 1. The smallest absolute Gasteiger partial charge is 0.117 e. The number of thiophene rings is 1. The first-order chi connectivity index (χ1) is 4.38. The van der Waals surface area contributed by atoms with E-state index in [-0.39, 0.29) is 0 Å². The van der Waals surface area contributed by atoms with Crippen LogP contribution < -0.4 is 0 Å². The van der Waals surface area contributed by atoms with Crippen molar-refractivity contribution in [3.63, 3.8) is 0 Å². The standard InChI is InChI=1S/C6H5ClOS/c7-4-1-2-9-6(4)5-3-8-5/h1-2,5H,3H2/t5-/m0/s1. The van der Waals surface area contributed by atoms with Gasteiger partial charge >= 0.3 is 0 Å². The van der Waals surface area contributed by atoms with Gasteiger partial charge in [-0.3, -0.25) is 0 Å². The molecule has 0 saturated carbocycles. The fraction of sp³-hybridized carbons (Fsp3) is 0.333. The summed E-state index contributed by atoms with van der Waals surface area (Å²) in [6, 6.07) is 1.91. The quantitative estimate of drug-likeness (QED) is 0.575. The second-order valence-corrected chi connectivity index (χ2v) is 3.31. The monoisotopic (exact) mass is 160 g/mol. The summed E-state index contributed by atoms with van der Waals surface area (Å²) >= 11 is 7.47.